The van der Waals surface area contributed by atoms with E-state index in [2.05, 4.69) is 5.32 Å². The van der Waals surface area contributed by atoms with Crippen LogP contribution >= 0.6 is 0 Å². The zero-order chi connectivity index (χ0) is 20.5. The zero-order valence-corrected chi connectivity index (χ0v) is 16.0. The molecule has 2 bridgehead atoms. The summed E-state index contributed by atoms with van der Waals surface area (Å²) in [7, 11) is 1.57. The van der Waals surface area contributed by atoms with Crippen LogP contribution in [0.15, 0.2) is 48.5 Å². The first kappa shape index (κ1) is 18.8. The van der Waals surface area contributed by atoms with Gasteiger partial charge in [0.05, 0.1) is 25.4 Å². The van der Waals surface area contributed by atoms with E-state index in [4.69, 9.17) is 10.5 Å². The van der Waals surface area contributed by atoms with E-state index in [0.29, 0.717) is 24.4 Å². The number of carbonyl (C=O) groups excluding carboxylic acids is 3. The molecule has 2 aromatic carbocycles. The fraction of sp³-hybridized carbons (Fsp3) is 0.286. The molecule has 4 amide bonds. The average molecular weight is 394 g/mol. The second kappa shape index (κ2) is 7.46. The van der Waals surface area contributed by atoms with Crippen molar-refractivity contribution in [1.29, 1.82) is 0 Å². The molecule has 2 aromatic rings. The van der Waals surface area contributed by atoms with Crippen LogP contribution in [0.2, 0.25) is 0 Å². The molecular weight excluding hydrogens is 372 g/mol. The van der Waals surface area contributed by atoms with Gasteiger partial charge in [-0.15, -0.1) is 0 Å². The summed E-state index contributed by atoms with van der Waals surface area (Å²) in [6.45, 7) is 0.201. The van der Waals surface area contributed by atoms with Crippen LogP contribution in [0.4, 0.5) is 10.5 Å². The van der Waals surface area contributed by atoms with Gasteiger partial charge in [-0.25, -0.2) is 4.79 Å². The highest BCUT2D eigenvalue weighted by Gasteiger charge is 2.52. The first-order valence-electron chi connectivity index (χ1n) is 9.39. The molecule has 2 heterocycles. The van der Waals surface area contributed by atoms with Crippen molar-refractivity contribution in [2.45, 2.75) is 18.5 Å². The molecule has 2 saturated heterocycles. The summed E-state index contributed by atoms with van der Waals surface area (Å²) < 4.78 is 5.51. The normalized spacial score (nSPS) is 20.1. The van der Waals surface area contributed by atoms with Gasteiger partial charge in [0.1, 0.15) is 11.8 Å². The number of urea groups is 1. The Balaban J connectivity index is 1.60. The number of fused-ring (bicyclic) bond motifs is 2. The molecule has 2 aliphatic heterocycles. The van der Waals surface area contributed by atoms with E-state index >= 15 is 0 Å². The van der Waals surface area contributed by atoms with Gasteiger partial charge >= 0.3 is 6.03 Å². The predicted molar refractivity (Wildman–Crippen MR) is 107 cm³/mol. The second-order valence-electron chi connectivity index (χ2n) is 7.13. The third-order valence-corrected chi connectivity index (χ3v) is 5.45. The van der Waals surface area contributed by atoms with Crippen LogP contribution in [0, 0.1) is 0 Å². The first-order chi connectivity index (χ1) is 14.0. The summed E-state index contributed by atoms with van der Waals surface area (Å²) in [6.07, 6.45) is 0.555. The van der Waals surface area contributed by atoms with Crippen LogP contribution in [0.5, 0.6) is 5.75 Å². The number of hydrogen-bond acceptors (Lipinski definition) is 4. The highest BCUT2D eigenvalue weighted by molar-refractivity contribution is 6.05. The minimum Gasteiger partial charge on any atom is -0.495 e. The summed E-state index contributed by atoms with van der Waals surface area (Å²) in [5, 5.41) is 2.29. The number of carbonyl (C=O) groups is 3. The lowest BCUT2D eigenvalue weighted by molar-refractivity contribution is -0.137. The number of primary amides is 1. The van der Waals surface area contributed by atoms with Crippen molar-refractivity contribution < 1.29 is 19.1 Å². The van der Waals surface area contributed by atoms with Crippen molar-refractivity contribution in [1.82, 2.24) is 10.2 Å². The summed E-state index contributed by atoms with van der Waals surface area (Å²) in [5.74, 6) is 0.158. The van der Waals surface area contributed by atoms with Gasteiger partial charge in [-0.1, -0.05) is 36.4 Å². The van der Waals surface area contributed by atoms with Crippen molar-refractivity contribution >= 4 is 23.5 Å². The minimum absolute atomic E-state index is 0.134. The molecule has 0 radical (unpaired) electrons. The molecule has 8 heteroatoms. The Kier molecular flexibility index (Phi) is 4.84. The molecule has 2 fully saturated rings. The third kappa shape index (κ3) is 3.37. The van der Waals surface area contributed by atoms with E-state index in [1.54, 1.807) is 12.0 Å². The van der Waals surface area contributed by atoms with Gasteiger partial charge in [-0.3, -0.25) is 9.59 Å². The van der Waals surface area contributed by atoms with Gasteiger partial charge in [0, 0.05) is 6.54 Å². The number of methoxy groups -OCH3 is 1. The van der Waals surface area contributed by atoms with E-state index in [1.165, 1.54) is 4.90 Å². The van der Waals surface area contributed by atoms with Gasteiger partial charge in [0.25, 0.3) is 0 Å². The average Bonchev–Trinajstić information content (AvgIpc) is 3.30. The van der Waals surface area contributed by atoms with Gasteiger partial charge < -0.3 is 25.6 Å². The van der Waals surface area contributed by atoms with E-state index in [0.717, 1.165) is 11.1 Å². The van der Waals surface area contributed by atoms with E-state index < -0.39 is 12.1 Å². The Labute approximate surface area is 168 Å². The number of amides is 4. The number of nitrogens with two attached hydrogens (primary N) is 1. The molecule has 0 saturated carbocycles. The number of piperazine rings is 1. The lowest BCUT2D eigenvalue weighted by Gasteiger charge is -2.34. The highest BCUT2D eigenvalue weighted by atomic mass is 16.5. The third-order valence-electron chi connectivity index (χ3n) is 5.45. The van der Waals surface area contributed by atoms with Crippen LogP contribution in [0.3, 0.4) is 0 Å². The molecule has 0 spiro atoms. The Hall–Kier alpha value is -3.55. The van der Waals surface area contributed by atoms with Crippen LogP contribution < -0.4 is 20.7 Å². The minimum atomic E-state index is -0.766. The standard InChI is InChI=1S/C21H22N4O4/c1-29-18-8-7-14(13-5-3-2-4-6-13)9-16(18)25-15-10-17(20(25)27)24(12-15)19(26)11-23-21(22)28/h2-9,15,17H,10-12H2,1H3,(H3,22,23,28)/t15-,17-/m0/s1. The number of likely N-dealkylation sites (tertiary alicyclic amines) is 1. The second-order valence-corrected chi connectivity index (χ2v) is 7.13. The van der Waals surface area contributed by atoms with E-state index in [9.17, 15) is 14.4 Å². The first-order valence-corrected chi connectivity index (χ1v) is 9.39. The topological polar surface area (TPSA) is 105 Å². The molecule has 2 aliphatic rings. The van der Waals surface area contributed by atoms with Crippen molar-refractivity contribution in [3.63, 3.8) is 0 Å². The summed E-state index contributed by atoms with van der Waals surface area (Å²) in [6, 6.07) is 14.2. The largest absolute Gasteiger partial charge is 0.495 e. The number of nitrogens with one attached hydrogen (secondary N) is 1. The molecule has 4 rings (SSSR count). The maximum atomic E-state index is 13.1. The number of rotatable bonds is 5. The van der Waals surface area contributed by atoms with Crippen molar-refractivity contribution in [2.75, 3.05) is 25.1 Å². The van der Waals surface area contributed by atoms with Crippen LogP contribution in [-0.4, -0.2) is 55.0 Å². The fourth-order valence-electron chi connectivity index (χ4n) is 4.12. The Bertz CT molecular complexity index is 962. The smallest absolute Gasteiger partial charge is 0.312 e. The van der Waals surface area contributed by atoms with Gasteiger partial charge in [0.2, 0.25) is 11.8 Å². The number of anilines is 1. The summed E-state index contributed by atoms with van der Waals surface area (Å²) in [5.41, 5.74) is 7.75. The SMILES string of the molecule is COc1ccc(-c2ccccc2)cc1N1C(=O)[C@@H]2C[C@H]1CN2C(=O)CNC(N)=O. The maximum absolute atomic E-state index is 13.1. The van der Waals surface area contributed by atoms with Gasteiger partial charge in [-0.2, -0.15) is 0 Å². The molecular formula is C21H22N4O4. The number of ether oxygens (including phenoxy) is 1. The molecule has 0 aromatic heterocycles. The van der Waals surface area contributed by atoms with Crippen molar-refractivity contribution in [3.8, 4) is 16.9 Å². The lowest BCUT2D eigenvalue weighted by atomic mass is 10.0. The van der Waals surface area contributed by atoms with E-state index in [-0.39, 0.29) is 24.4 Å². The lowest BCUT2D eigenvalue weighted by Crippen LogP contribution is -2.54. The van der Waals surface area contributed by atoms with Crippen LogP contribution in [-0.2, 0) is 9.59 Å². The monoisotopic (exact) mass is 394 g/mol. The fourth-order valence-corrected chi connectivity index (χ4v) is 4.12. The summed E-state index contributed by atoms with van der Waals surface area (Å²) >= 11 is 0. The van der Waals surface area contributed by atoms with Crippen LogP contribution in [0.1, 0.15) is 6.42 Å². The predicted octanol–water partition coefficient (Wildman–Crippen LogP) is 1.35. The molecule has 2 atom stereocenters. The quantitative estimate of drug-likeness (QED) is 0.798. The maximum Gasteiger partial charge on any atom is 0.312 e. The van der Waals surface area contributed by atoms with Gasteiger partial charge in [-0.05, 0) is 29.7 Å². The number of benzene rings is 2. The number of nitrogens with zero attached hydrogens (tertiary/aromatic N) is 2. The van der Waals surface area contributed by atoms with Crippen LogP contribution in [0.25, 0.3) is 11.1 Å². The van der Waals surface area contributed by atoms with Crippen molar-refractivity contribution in [3.05, 3.63) is 48.5 Å². The molecule has 0 unspecified atom stereocenters. The van der Waals surface area contributed by atoms with E-state index in [1.807, 2.05) is 48.5 Å². The summed E-state index contributed by atoms with van der Waals surface area (Å²) in [4.78, 5) is 39.6. The Morgan fingerprint density at radius 3 is 2.59 bits per heavy atom. The highest BCUT2D eigenvalue weighted by Crippen LogP contribution is 2.41. The molecule has 150 valence electrons. The van der Waals surface area contributed by atoms with Crippen molar-refractivity contribution in [2.24, 2.45) is 5.73 Å². The molecule has 3 N–H and O–H groups in total. The Morgan fingerprint density at radius 2 is 1.93 bits per heavy atom. The Morgan fingerprint density at radius 1 is 1.17 bits per heavy atom. The molecule has 8 nitrogen and oxygen atoms in total. The molecule has 0 aliphatic carbocycles. The van der Waals surface area contributed by atoms with Gasteiger partial charge in [0.15, 0.2) is 0 Å². The zero-order valence-electron chi connectivity index (χ0n) is 16.0. The number of hydrogen-bond donors (Lipinski definition) is 2. The molecule has 29 heavy (non-hydrogen) atoms.